The molecule has 0 spiro atoms. The van der Waals surface area contributed by atoms with Crippen LogP contribution in [0.15, 0.2) is 53.7 Å². The van der Waals surface area contributed by atoms with E-state index in [-0.39, 0.29) is 16.8 Å². The zero-order valence-corrected chi connectivity index (χ0v) is 13.8. The summed E-state index contributed by atoms with van der Waals surface area (Å²) in [6.45, 7) is -2.72. The van der Waals surface area contributed by atoms with Gasteiger partial charge in [0, 0.05) is 10.7 Å². The molecule has 24 heavy (non-hydrogen) atoms. The molecule has 0 radical (unpaired) electrons. The summed E-state index contributed by atoms with van der Waals surface area (Å²) in [5.41, 5.74) is 1.40. The Bertz CT molecular complexity index is 867. The number of anilines is 1. The molecule has 1 aromatic heterocycles. The molecule has 0 aliphatic heterocycles. The number of carbonyl (C=O) groups excluding carboxylic acids is 1. The van der Waals surface area contributed by atoms with E-state index in [9.17, 15) is 13.6 Å². The van der Waals surface area contributed by atoms with Gasteiger partial charge in [-0.3, -0.25) is 9.36 Å². The van der Waals surface area contributed by atoms with Crippen LogP contribution in [0.5, 0.6) is 0 Å². The van der Waals surface area contributed by atoms with Crippen molar-refractivity contribution in [1.82, 2.24) is 9.55 Å². The Kier molecular flexibility index (Phi) is 5.01. The lowest BCUT2D eigenvalue weighted by atomic mass is 10.3. The van der Waals surface area contributed by atoms with E-state index in [1.54, 1.807) is 48.5 Å². The number of benzene rings is 2. The number of nitrogens with one attached hydrogen (secondary N) is 1. The standard InChI is InChI=1S/C16H12ClF2N3OS/c17-10-5-7-11(8-6-10)20-14(23)9-24-16-21-12-3-1-2-4-13(12)22(16)15(18)19/h1-8,15H,9H2,(H,20,23). The van der Waals surface area contributed by atoms with E-state index in [0.717, 1.165) is 16.3 Å². The van der Waals surface area contributed by atoms with Crippen molar-refractivity contribution in [3.8, 4) is 0 Å². The molecule has 3 aromatic rings. The third kappa shape index (κ3) is 3.68. The number of thioether (sulfide) groups is 1. The average molecular weight is 368 g/mol. The van der Waals surface area contributed by atoms with E-state index in [0.29, 0.717) is 21.7 Å². The second-order valence-corrected chi connectivity index (χ2v) is 6.25. The van der Waals surface area contributed by atoms with Crippen LogP contribution in [0.25, 0.3) is 11.0 Å². The summed E-state index contributed by atoms with van der Waals surface area (Å²) in [5.74, 6) is -0.339. The van der Waals surface area contributed by atoms with Crippen molar-refractivity contribution in [2.24, 2.45) is 0 Å². The molecule has 0 unspecified atom stereocenters. The number of hydrogen-bond donors (Lipinski definition) is 1. The highest BCUT2D eigenvalue weighted by atomic mass is 35.5. The highest BCUT2D eigenvalue weighted by molar-refractivity contribution is 7.99. The normalized spacial score (nSPS) is 11.2. The molecule has 3 rings (SSSR count). The van der Waals surface area contributed by atoms with Gasteiger partial charge in [0.1, 0.15) is 0 Å². The molecule has 8 heteroatoms. The summed E-state index contributed by atoms with van der Waals surface area (Å²) in [6, 6.07) is 13.3. The van der Waals surface area contributed by atoms with Gasteiger partial charge in [0.15, 0.2) is 5.16 Å². The van der Waals surface area contributed by atoms with Crippen molar-refractivity contribution in [2.75, 3.05) is 11.1 Å². The van der Waals surface area contributed by atoms with Crippen molar-refractivity contribution < 1.29 is 13.6 Å². The molecule has 1 N–H and O–H groups in total. The number of alkyl halides is 2. The highest BCUT2D eigenvalue weighted by Crippen LogP contribution is 2.29. The van der Waals surface area contributed by atoms with E-state index in [1.165, 1.54) is 0 Å². The van der Waals surface area contributed by atoms with Crippen LogP contribution in [0.4, 0.5) is 14.5 Å². The van der Waals surface area contributed by atoms with Gasteiger partial charge in [-0.05, 0) is 36.4 Å². The molecule has 2 aromatic carbocycles. The second kappa shape index (κ2) is 7.19. The van der Waals surface area contributed by atoms with Gasteiger partial charge in [-0.2, -0.15) is 8.78 Å². The minimum atomic E-state index is -2.72. The molecule has 0 aliphatic rings. The molecule has 0 bridgehead atoms. The number of nitrogens with zero attached hydrogens (tertiary/aromatic N) is 2. The first-order valence-electron chi connectivity index (χ1n) is 6.98. The molecule has 0 aliphatic carbocycles. The van der Waals surface area contributed by atoms with Crippen LogP contribution in [-0.2, 0) is 4.79 Å². The monoisotopic (exact) mass is 367 g/mol. The lowest BCUT2D eigenvalue weighted by Gasteiger charge is -2.08. The predicted molar refractivity (Wildman–Crippen MR) is 91.8 cm³/mol. The highest BCUT2D eigenvalue weighted by Gasteiger charge is 2.18. The van der Waals surface area contributed by atoms with Gasteiger partial charge >= 0.3 is 6.55 Å². The molecule has 0 atom stereocenters. The molecule has 4 nitrogen and oxygen atoms in total. The largest absolute Gasteiger partial charge is 0.325 e. The number of para-hydroxylation sites is 2. The van der Waals surface area contributed by atoms with Gasteiger partial charge in [0.05, 0.1) is 16.8 Å². The van der Waals surface area contributed by atoms with Crippen LogP contribution in [-0.4, -0.2) is 21.2 Å². The fourth-order valence-electron chi connectivity index (χ4n) is 2.17. The quantitative estimate of drug-likeness (QED) is 0.658. The maximum atomic E-state index is 13.3. The number of carbonyl (C=O) groups is 1. The zero-order chi connectivity index (χ0) is 17.1. The summed E-state index contributed by atoms with van der Waals surface area (Å²) in [6.07, 6.45) is 0. The average Bonchev–Trinajstić information content (AvgIpc) is 2.93. The van der Waals surface area contributed by atoms with E-state index >= 15 is 0 Å². The van der Waals surface area contributed by atoms with Gasteiger partial charge in [-0.25, -0.2) is 4.98 Å². The smallest absolute Gasteiger partial charge is 0.321 e. The number of hydrogen-bond acceptors (Lipinski definition) is 3. The minimum Gasteiger partial charge on any atom is -0.325 e. The van der Waals surface area contributed by atoms with Crippen molar-refractivity contribution in [1.29, 1.82) is 0 Å². The summed E-state index contributed by atoms with van der Waals surface area (Å²) >= 11 is 6.74. The lowest BCUT2D eigenvalue weighted by molar-refractivity contribution is -0.113. The molecule has 1 amide bonds. The van der Waals surface area contributed by atoms with Crippen LogP contribution >= 0.6 is 23.4 Å². The summed E-state index contributed by atoms with van der Waals surface area (Å²) in [7, 11) is 0. The maximum absolute atomic E-state index is 13.3. The van der Waals surface area contributed by atoms with Crippen molar-refractivity contribution in [3.05, 3.63) is 53.6 Å². The molecule has 0 saturated heterocycles. The SMILES string of the molecule is O=C(CSc1nc2ccccc2n1C(F)F)Nc1ccc(Cl)cc1. The fourth-order valence-corrected chi connectivity index (χ4v) is 3.11. The lowest BCUT2D eigenvalue weighted by Crippen LogP contribution is -2.14. The van der Waals surface area contributed by atoms with Gasteiger partial charge in [-0.1, -0.05) is 35.5 Å². The van der Waals surface area contributed by atoms with Crippen LogP contribution in [0.3, 0.4) is 0 Å². The van der Waals surface area contributed by atoms with E-state index < -0.39 is 6.55 Å². The molecule has 0 saturated carbocycles. The summed E-state index contributed by atoms with van der Waals surface area (Å²) in [4.78, 5) is 16.2. The van der Waals surface area contributed by atoms with E-state index in [4.69, 9.17) is 11.6 Å². The Morgan fingerprint density at radius 1 is 1.21 bits per heavy atom. The van der Waals surface area contributed by atoms with Gasteiger partial charge in [-0.15, -0.1) is 0 Å². The molecule has 1 heterocycles. The first-order chi connectivity index (χ1) is 11.5. The first-order valence-corrected chi connectivity index (χ1v) is 8.34. The third-order valence-corrected chi connectivity index (χ3v) is 4.42. The fraction of sp³-hybridized carbons (Fsp3) is 0.125. The van der Waals surface area contributed by atoms with Crippen LogP contribution in [0.1, 0.15) is 6.55 Å². The Balaban J connectivity index is 1.72. The number of amides is 1. The maximum Gasteiger partial charge on any atom is 0.321 e. The number of halogens is 3. The zero-order valence-electron chi connectivity index (χ0n) is 12.2. The molecule has 124 valence electrons. The van der Waals surface area contributed by atoms with Crippen LogP contribution < -0.4 is 5.32 Å². The Hall–Kier alpha value is -2.12. The van der Waals surface area contributed by atoms with E-state index in [2.05, 4.69) is 10.3 Å². The first kappa shape index (κ1) is 16.7. The number of fused-ring (bicyclic) bond motifs is 1. The number of rotatable bonds is 5. The topological polar surface area (TPSA) is 46.9 Å². The Morgan fingerprint density at radius 3 is 2.62 bits per heavy atom. The predicted octanol–water partition coefficient (Wildman–Crippen LogP) is 4.82. The Labute approximate surface area is 145 Å². The van der Waals surface area contributed by atoms with E-state index in [1.807, 2.05) is 0 Å². The van der Waals surface area contributed by atoms with Crippen molar-refractivity contribution in [3.63, 3.8) is 0 Å². The Morgan fingerprint density at radius 2 is 1.92 bits per heavy atom. The summed E-state index contributed by atoms with van der Waals surface area (Å²) < 4.78 is 27.4. The second-order valence-electron chi connectivity index (χ2n) is 4.87. The molecular formula is C16H12ClF2N3OS. The molecular weight excluding hydrogens is 356 g/mol. The summed E-state index contributed by atoms with van der Waals surface area (Å²) in [5, 5.41) is 3.35. The van der Waals surface area contributed by atoms with Gasteiger partial charge in [0.2, 0.25) is 5.91 Å². The minimum absolute atomic E-state index is 0.0291. The van der Waals surface area contributed by atoms with Gasteiger partial charge in [0.25, 0.3) is 0 Å². The number of imidazole rings is 1. The number of aromatic nitrogens is 2. The van der Waals surface area contributed by atoms with Crippen LogP contribution in [0, 0.1) is 0 Å². The van der Waals surface area contributed by atoms with Gasteiger partial charge < -0.3 is 5.32 Å². The van der Waals surface area contributed by atoms with Crippen LogP contribution in [0.2, 0.25) is 5.02 Å². The third-order valence-electron chi connectivity index (χ3n) is 3.22. The van der Waals surface area contributed by atoms with Crippen molar-refractivity contribution >= 4 is 46.0 Å². The van der Waals surface area contributed by atoms with Crippen molar-refractivity contribution in [2.45, 2.75) is 11.7 Å². The molecule has 0 fully saturated rings.